The number of aliphatic hydroxyl groups is 1. The van der Waals surface area contributed by atoms with Crippen LogP contribution in [-0.4, -0.2) is 30.8 Å². The summed E-state index contributed by atoms with van der Waals surface area (Å²) in [7, 11) is 2.03. The fourth-order valence-corrected chi connectivity index (χ4v) is 1.94. The second-order valence-electron chi connectivity index (χ2n) is 5.82. The molecule has 1 aromatic rings. The highest BCUT2D eigenvalue weighted by Gasteiger charge is 2.22. The highest BCUT2D eigenvalue weighted by atomic mass is 16.3. The number of aliphatic hydroxyl groups excluding tert-OH is 1. The molecule has 0 fully saturated rings. The molecule has 0 bridgehead atoms. The Morgan fingerprint density at radius 2 is 2.00 bits per heavy atom. The van der Waals surface area contributed by atoms with Crippen molar-refractivity contribution >= 4 is 5.69 Å². The predicted octanol–water partition coefficient (Wildman–Crippen LogP) is 2.70. The standard InChI is InChI=1S/C16H28N2O/c1-6-9-17-11-14-7-8-15(10-13(14)2)18(5)16(3,4)12-19/h7-8,10,17,19H,6,9,11-12H2,1-5H3. The van der Waals surface area contributed by atoms with Gasteiger partial charge in [0.2, 0.25) is 0 Å². The minimum atomic E-state index is -0.242. The van der Waals surface area contributed by atoms with Gasteiger partial charge in [-0.2, -0.15) is 0 Å². The molecule has 0 spiro atoms. The molecule has 0 saturated carbocycles. The van der Waals surface area contributed by atoms with E-state index in [1.54, 1.807) is 0 Å². The maximum Gasteiger partial charge on any atom is 0.0658 e. The summed E-state index contributed by atoms with van der Waals surface area (Å²) in [5, 5.41) is 12.9. The van der Waals surface area contributed by atoms with Crippen molar-refractivity contribution in [3.8, 4) is 0 Å². The van der Waals surface area contributed by atoms with E-state index in [4.69, 9.17) is 0 Å². The fraction of sp³-hybridized carbons (Fsp3) is 0.625. The van der Waals surface area contributed by atoms with Crippen LogP contribution in [0.3, 0.4) is 0 Å². The van der Waals surface area contributed by atoms with E-state index in [-0.39, 0.29) is 12.1 Å². The molecule has 0 aromatic heterocycles. The van der Waals surface area contributed by atoms with Gasteiger partial charge in [0.05, 0.1) is 12.1 Å². The summed E-state index contributed by atoms with van der Waals surface area (Å²) in [6, 6.07) is 6.50. The van der Waals surface area contributed by atoms with Gasteiger partial charge in [-0.1, -0.05) is 13.0 Å². The van der Waals surface area contributed by atoms with Crippen molar-refractivity contribution in [3.05, 3.63) is 29.3 Å². The zero-order valence-electron chi connectivity index (χ0n) is 13.0. The Hall–Kier alpha value is -1.06. The molecular weight excluding hydrogens is 236 g/mol. The van der Waals surface area contributed by atoms with E-state index in [0.717, 1.165) is 25.2 Å². The summed E-state index contributed by atoms with van der Waals surface area (Å²) in [5.74, 6) is 0. The van der Waals surface area contributed by atoms with Crippen molar-refractivity contribution in [3.63, 3.8) is 0 Å². The Bertz CT molecular complexity index is 402. The predicted molar refractivity (Wildman–Crippen MR) is 82.7 cm³/mol. The van der Waals surface area contributed by atoms with E-state index in [9.17, 15) is 5.11 Å². The van der Waals surface area contributed by atoms with E-state index in [1.165, 1.54) is 11.1 Å². The minimum absolute atomic E-state index is 0.141. The van der Waals surface area contributed by atoms with Gasteiger partial charge >= 0.3 is 0 Å². The second-order valence-corrected chi connectivity index (χ2v) is 5.82. The van der Waals surface area contributed by atoms with E-state index < -0.39 is 0 Å². The number of rotatable bonds is 7. The van der Waals surface area contributed by atoms with Crippen LogP contribution in [0.15, 0.2) is 18.2 Å². The lowest BCUT2D eigenvalue weighted by Gasteiger charge is -2.36. The van der Waals surface area contributed by atoms with Gasteiger partial charge in [0.25, 0.3) is 0 Å². The molecule has 1 rings (SSSR count). The van der Waals surface area contributed by atoms with Crippen LogP contribution in [0.1, 0.15) is 38.3 Å². The van der Waals surface area contributed by atoms with Gasteiger partial charge in [-0.25, -0.2) is 0 Å². The molecule has 0 aliphatic heterocycles. The first-order valence-corrected chi connectivity index (χ1v) is 7.07. The van der Waals surface area contributed by atoms with Gasteiger partial charge < -0.3 is 15.3 Å². The number of aryl methyl sites for hydroxylation is 1. The summed E-state index contributed by atoms with van der Waals surface area (Å²) in [6.45, 7) is 10.5. The number of anilines is 1. The first-order chi connectivity index (χ1) is 8.92. The lowest BCUT2D eigenvalue weighted by atomic mass is 10.0. The molecule has 0 atom stereocenters. The van der Waals surface area contributed by atoms with Crippen molar-refractivity contribution < 1.29 is 5.11 Å². The molecule has 19 heavy (non-hydrogen) atoms. The molecule has 2 N–H and O–H groups in total. The van der Waals surface area contributed by atoms with E-state index in [2.05, 4.69) is 42.3 Å². The van der Waals surface area contributed by atoms with Crippen LogP contribution in [0.25, 0.3) is 0 Å². The smallest absolute Gasteiger partial charge is 0.0658 e. The highest BCUT2D eigenvalue weighted by Crippen LogP contribution is 2.24. The van der Waals surface area contributed by atoms with Gasteiger partial charge in [-0.3, -0.25) is 0 Å². The Labute approximate surface area is 117 Å². The molecule has 3 nitrogen and oxygen atoms in total. The molecule has 0 amide bonds. The van der Waals surface area contributed by atoms with Crippen LogP contribution >= 0.6 is 0 Å². The average Bonchev–Trinajstić information content (AvgIpc) is 2.40. The first kappa shape index (κ1) is 16.0. The monoisotopic (exact) mass is 264 g/mol. The zero-order valence-corrected chi connectivity index (χ0v) is 13.0. The van der Waals surface area contributed by atoms with Crippen LogP contribution in [0.2, 0.25) is 0 Å². The summed E-state index contributed by atoms with van der Waals surface area (Å²) < 4.78 is 0. The molecule has 3 heteroatoms. The van der Waals surface area contributed by atoms with Crippen molar-refractivity contribution in [2.24, 2.45) is 0 Å². The van der Waals surface area contributed by atoms with Crippen molar-refractivity contribution in [1.82, 2.24) is 5.32 Å². The van der Waals surface area contributed by atoms with E-state index in [1.807, 2.05) is 20.9 Å². The molecule has 0 unspecified atom stereocenters. The van der Waals surface area contributed by atoms with E-state index >= 15 is 0 Å². The third-order valence-electron chi connectivity index (χ3n) is 3.75. The number of hydrogen-bond donors (Lipinski definition) is 2. The number of nitrogens with zero attached hydrogens (tertiary/aromatic N) is 1. The Morgan fingerprint density at radius 3 is 2.53 bits per heavy atom. The van der Waals surface area contributed by atoms with E-state index in [0.29, 0.717) is 0 Å². The van der Waals surface area contributed by atoms with Crippen molar-refractivity contribution in [2.45, 2.75) is 46.2 Å². The van der Waals surface area contributed by atoms with Gasteiger partial charge in [0, 0.05) is 19.3 Å². The number of nitrogens with one attached hydrogen (secondary N) is 1. The maximum atomic E-state index is 9.44. The molecule has 0 aliphatic rings. The summed E-state index contributed by atoms with van der Waals surface area (Å²) in [6.07, 6.45) is 1.16. The average molecular weight is 264 g/mol. The quantitative estimate of drug-likeness (QED) is 0.743. The van der Waals surface area contributed by atoms with Crippen LogP contribution in [0.5, 0.6) is 0 Å². The normalized spacial score (nSPS) is 11.7. The maximum absolute atomic E-state index is 9.44. The third-order valence-corrected chi connectivity index (χ3v) is 3.75. The van der Waals surface area contributed by atoms with Crippen LogP contribution in [-0.2, 0) is 6.54 Å². The molecular formula is C16H28N2O. The number of hydrogen-bond acceptors (Lipinski definition) is 3. The molecule has 0 radical (unpaired) electrons. The number of likely N-dealkylation sites (N-methyl/N-ethyl adjacent to an activating group) is 1. The number of benzene rings is 1. The highest BCUT2D eigenvalue weighted by molar-refractivity contribution is 5.52. The Balaban J connectivity index is 2.81. The summed E-state index contributed by atoms with van der Waals surface area (Å²) in [4.78, 5) is 2.13. The van der Waals surface area contributed by atoms with Crippen molar-refractivity contribution in [1.29, 1.82) is 0 Å². The van der Waals surface area contributed by atoms with Crippen LogP contribution in [0, 0.1) is 6.92 Å². The summed E-state index contributed by atoms with van der Waals surface area (Å²) in [5.41, 5.74) is 3.54. The zero-order chi connectivity index (χ0) is 14.5. The van der Waals surface area contributed by atoms with Gasteiger partial charge in [0.15, 0.2) is 0 Å². The van der Waals surface area contributed by atoms with Gasteiger partial charge in [-0.15, -0.1) is 0 Å². The molecule has 0 saturated heterocycles. The largest absolute Gasteiger partial charge is 0.394 e. The summed E-state index contributed by atoms with van der Waals surface area (Å²) >= 11 is 0. The third kappa shape index (κ3) is 4.22. The molecule has 0 aliphatic carbocycles. The molecule has 108 valence electrons. The fourth-order valence-electron chi connectivity index (χ4n) is 1.94. The van der Waals surface area contributed by atoms with Gasteiger partial charge in [0.1, 0.15) is 0 Å². The second kappa shape index (κ2) is 6.92. The molecule has 1 aromatic carbocycles. The Morgan fingerprint density at radius 1 is 1.32 bits per heavy atom. The minimum Gasteiger partial charge on any atom is -0.394 e. The van der Waals surface area contributed by atoms with Crippen LogP contribution < -0.4 is 10.2 Å². The topological polar surface area (TPSA) is 35.5 Å². The van der Waals surface area contributed by atoms with Crippen LogP contribution in [0.4, 0.5) is 5.69 Å². The molecule has 0 heterocycles. The first-order valence-electron chi connectivity index (χ1n) is 7.07. The lowest BCUT2D eigenvalue weighted by molar-refractivity contribution is 0.216. The SMILES string of the molecule is CCCNCc1ccc(N(C)C(C)(C)CO)cc1C. The van der Waals surface area contributed by atoms with Crippen molar-refractivity contribution in [2.75, 3.05) is 25.1 Å². The van der Waals surface area contributed by atoms with Gasteiger partial charge in [-0.05, 0) is 57.0 Å². The lowest BCUT2D eigenvalue weighted by Crippen LogP contribution is -2.44. The Kier molecular flexibility index (Phi) is 5.83.